The third-order valence-electron chi connectivity index (χ3n) is 3.01. The molecule has 0 radical (unpaired) electrons. The van der Waals surface area contributed by atoms with E-state index in [0.717, 1.165) is 11.3 Å². The van der Waals surface area contributed by atoms with Crippen LogP contribution < -0.4 is 4.74 Å². The Balaban J connectivity index is 2.53. The van der Waals surface area contributed by atoms with Gasteiger partial charge in [-0.25, -0.2) is 4.68 Å². The molecule has 20 heavy (non-hydrogen) atoms. The minimum Gasteiger partial charge on any atom is -0.431 e. The molecule has 0 unspecified atom stereocenters. The molecule has 0 spiro atoms. The topological polar surface area (TPSA) is 70.2 Å². The van der Waals surface area contributed by atoms with E-state index in [1.165, 1.54) is 6.07 Å². The number of rotatable bonds is 4. The number of benzene rings is 1. The van der Waals surface area contributed by atoms with Gasteiger partial charge in [0.2, 0.25) is 11.6 Å². The van der Waals surface area contributed by atoms with Gasteiger partial charge in [0, 0.05) is 24.0 Å². The molecule has 1 aromatic heterocycles. The van der Waals surface area contributed by atoms with Gasteiger partial charge in [-0.15, -0.1) is 0 Å². The van der Waals surface area contributed by atoms with E-state index in [1.54, 1.807) is 30.8 Å². The zero-order valence-corrected chi connectivity index (χ0v) is 13.0. The first kappa shape index (κ1) is 14.5. The van der Waals surface area contributed by atoms with Crippen molar-refractivity contribution < 1.29 is 9.66 Å². The molecule has 0 saturated heterocycles. The molecule has 0 atom stereocenters. The number of ether oxygens (including phenoxy) is 1. The number of aryl methyl sites for hydroxylation is 3. The number of hydrogen-bond acceptors (Lipinski definition) is 4. The van der Waals surface area contributed by atoms with Crippen LogP contribution in [0.15, 0.2) is 18.2 Å². The second-order valence-electron chi connectivity index (χ2n) is 4.41. The van der Waals surface area contributed by atoms with Crippen molar-refractivity contribution in [1.82, 2.24) is 9.78 Å². The lowest BCUT2D eigenvalue weighted by atomic mass is 10.2. The van der Waals surface area contributed by atoms with E-state index in [1.807, 2.05) is 6.92 Å². The molecule has 1 heterocycles. The van der Waals surface area contributed by atoms with Crippen LogP contribution in [0.1, 0.15) is 16.8 Å². The minimum absolute atomic E-state index is 0.0515. The van der Waals surface area contributed by atoms with E-state index < -0.39 is 4.92 Å². The Morgan fingerprint density at radius 1 is 1.45 bits per heavy atom. The first-order valence-corrected chi connectivity index (χ1v) is 7.08. The fourth-order valence-corrected chi connectivity index (χ4v) is 2.62. The average molecular weight is 340 g/mol. The van der Waals surface area contributed by atoms with E-state index in [-0.39, 0.29) is 11.4 Å². The molecule has 2 rings (SSSR count). The fraction of sp³-hybridized carbons (Fsp3) is 0.308. The average Bonchev–Trinajstić information content (AvgIpc) is 2.65. The quantitative estimate of drug-likeness (QED) is 0.484. The molecule has 0 N–H and O–H groups in total. The molecule has 0 aliphatic heterocycles. The van der Waals surface area contributed by atoms with Crippen molar-refractivity contribution in [2.24, 2.45) is 7.05 Å². The van der Waals surface area contributed by atoms with Crippen molar-refractivity contribution in [3.63, 3.8) is 0 Å². The second kappa shape index (κ2) is 5.62. The van der Waals surface area contributed by atoms with Crippen LogP contribution in [0.3, 0.4) is 0 Å². The molecule has 6 nitrogen and oxygen atoms in total. The van der Waals surface area contributed by atoms with Gasteiger partial charge < -0.3 is 4.74 Å². The highest BCUT2D eigenvalue weighted by atomic mass is 79.9. The van der Waals surface area contributed by atoms with E-state index >= 15 is 0 Å². The Morgan fingerprint density at radius 2 is 2.15 bits per heavy atom. The summed E-state index contributed by atoms with van der Waals surface area (Å²) < 4.78 is 7.39. The lowest BCUT2D eigenvalue weighted by molar-refractivity contribution is -0.385. The van der Waals surface area contributed by atoms with Crippen LogP contribution in [0.5, 0.6) is 11.6 Å². The Bertz CT molecular complexity index is 667. The smallest absolute Gasteiger partial charge is 0.311 e. The van der Waals surface area contributed by atoms with Crippen LogP contribution in [-0.4, -0.2) is 14.7 Å². The minimum atomic E-state index is -0.445. The number of alkyl halides is 1. The van der Waals surface area contributed by atoms with Crippen molar-refractivity contribution in [2.45, 2.75) is 19.2 Å². The molecule has 0 amide bonds. The Labute approximate surface area is 124 Å². The van der Waals surface area contributed by atoms with Gasteiger partial charge in [-0.2, -0.15) is 5.10 Å². The molecule has 0 saturated carbocycles. The highest BCUT2D eigenvalue weighted by Crippen LogP contribution is 2.36. The van der Waals surface area contributed by atoms with E-state index in [4.69, 9.17) is 4.74 Å². The second-order valence-corrected chi connectivity index (χ2v) is 4.97. The van der Waals surface area contributed by atoms with Crippen LogP contribution in [0.25, 0.3) is 0 Å². The van der Waals surface area contributed by atoms with Gasteiger partial charge in [-0.1, -0.05) is 28.1 Å². The maximum atomic E-state index is 11.1. The van der Waals surface area contributed by atoms with Crippen molar-refractivity contribution in [3.05, 3.63) is 45.1 Å². The third kappa shape index (κ3) is 2.53. The third-order valence-corrected chi connectivity index (χ3v) is 3.57. The fourth-order valence-electron chi connectivity index (χ4n) is 1.97. The van der Waals surface area contributed by atoms with Crippen LogP contribution in [-0.2, 0) is 12.4 Å². The van der Waals surface area contributed by atoms with E-state index in [9.17, 15) is 10.1 Å². The summed E-state index contributed by atoms with van der Waals surface area (Å²) in [7, 11) is 1.75. The maximum Gasteiger partial charge on any atom is 0.311 e. The molecular weight excluding hydrogens is 326 g/mol. The van der Waals surface area contributed by atoms with E-state index in [2.05, 4.69) is 21.0 Å². The lowest BCUT2D eigenvalue weighted by Gasteiger charge is -2.10. The van der Waals surface area contributed by atoms with Crippen LogP contribution >= 0.6 is 15.9 Å². The summed E-state index contributed by atoms with van der Waals surface area (Å²) in [6.07, 6.45) is 0. The first-order valence-electron chi connectivity index (χ1n) is 5.96. The van der Waals surface area contributed by atoms with Crippen molar-refractivity contribution >= 4 is 21.6 Å². The van der Waals surface area contributed by atoms with Gasteiger partial charge in [0.15, 0.2) is 0 Å². The van der Waals surface area contributed by atoms with Gasteiger partial charge in [0.25, 0.3) is 0 Å². The molecule has 0 bridgehead atoms. The predicted molar refractivity (Wildman–Crippen MR) is 78.5 cm³/mol. The zero-order valence-electron chi connectivity index (χ0n) is 11.4. The van der Waals surface area contributed by atoms with Crippen LogP contribution in [0.4, 0.5) is 5.69 Å². The molecular formula is C13H14BrN3O3. The Morgan fingerprint density at radius 3 is 2.75 bits per heavy atom. The summed E-state index contributed by atoms with van der Waals surface area (Å²) in [4.78, 5) is 10.7. The number of nitrogens with zero attached hydrogens (tertiary/aromatic N) is 3. The largest absolute Gasteiger partial charge is 0.431 e. The van der Waals surface area contributed by atoms with Crippen molar-refractivity contribution in [1.29, 1.82) is 0 Å². The number of aromatic nitrogens is 2. The predicted octanol–water partition coefficient (Wildman–Crippen LogP) is 3.63. The molecule has 0 aliphatic carbocycles. The highest BCUT2D eigenvalue weighted by molar-refractivity contribution is 9.08. The number of nitro groups is 1. The Kier molecular flexibility index (Phi) is 4.08. The standard InChI is InChI=1S/C13H14BrN3O3/c1-8-5-4-6-11(17(18)19)12(8)20-13-10(7-14)9(2)15-16(13)3/h4-6H,7H2,1-3H3. The molecule has 0 fully saturated rings. The molecule has 7 heteroatoms. The highest BCUT2D eigenvalue weighted by Gasteiger charge is 2.22. The monoisotopic (exact) mass is 339 g/mol. The van der Waals surface area contributed by atoms with Crippen LogP contribution in [0, 0.1) is 24.0 Å². The molecule has 2 aromatic rings. The summed E-state index contributed by atoms with van der Waals surface area (Å²) in [6.45, 7) is 3.65. The Hall–Kier alpha value is -1.89. The number of hydrogen-bond donors (Lipinski definition) is 0. The summed E-state index contributed by atoms with van der Waals surface area (Å²) in [6, 6.07) is 4.85. The summed E-state index contributed by atoms with van der Waals surface area (Å²) >= 11 is 3.38. The van der Waals surface area contributed by atoms with Crippen molar-refractivity contribution in [2.75, 3.05) is 0 Å². The normalized spacial score (nSPS) is 10.6. The maximum absolute atomic E-state index is 11.1. The first-order chi connectivity index (χ1) is 9.45. The zero-order chi connectivity index (χ0) is 14.9. The van der Waals surface area contributed by atoms with Gasteiger partial charge >= 0.3 is 5.69 Å². The van der Waals surface area contributed by atoms with Gasteiger partial charge in [0.1, 0.15) is 0 Å². The van der Waals surface area contributed by atoms with Crippen LogP contribution in [0.2, 0.25) is 0 Å². The summed E-state index contributed by atoms with van der Waals surface area (Å²) in [5, 5.41) is 15.9. The number of para-hydroxylation sites is 1. The number of halogens is 1. The SMILES string of the molecule is Cc1cccc([N+](=O)[O-])c1Oc1c(CBr)c(C)nn1C. The molecule has 106 valence electrons. The summed E-state index contributed by atoms with van der Waals surface area (Å²) in [5.41, 5.74) is 2.36. The van der Waals surface area contributed by atoms with Gasteiger partial charge in [-0.3, -0.25) is 10.1 Å². The summed E-state index contributed by atoms with van der Waals surface area (Å²) in [5.74, 6) is 0.763. The van der Waals surface area contributed by atoms with Gasteiger partial charge in [-0.05, 0) is 19.4 Å². The number of nitro benzene ring substituents is 1. The molecule has 1 aromatic carbocycles. The van der Waals surface area contributed by atoms with Gasteiger partial charge in [0.05, 0.1) is 10.6 Å². The van der Waals surface area contributed by atoms with E-state index in [0.29, 0.717) is 16.8 Å². The lowest BCUT2D eigenvalue weighted by Crippen LogP contribution is -2.00. The van der Waals surface area contributed by atoms with Crippen molar-refractivity contribution in [3.8, 4) is 11.6 Å². The molecule has 0 aliphatic rings.